The fourth-order valence-electron chi connectivity index (χ4n) is 2.96. The molecular formula is C17H23N5O3. The zero-order valence-electron chi connectivity index (χ0n) is 14.7. The molecule has 0 bridgehead atoms. The van der Waals surface area contributed by atoms with Gasteiger partial charge in [-0.1, -0.05) is 5.16 Å². The summed E-state index contributed by atoms with van der Waals surface area (Å²) in [6.45, 7) is 2.97. The minimum absolute atomic E-state index is 0.301. The van der Waals surface area contributed by atoms with Crippen molar-refractivity contribution in [1.82, 2.24) is 15.5 Å². The molecule has 3 heterocycles. The molecule has 2 N–H and O–H groups in total. The summed E-state index contributed by atoms with van der Waals surface area (Å²) in [6.07, 6.45) is 4.62. The first kappa shape index (κ1) is 17.2. The molecule has 0 radical (unpaired) electrons. The molecule has 1 fully saturated rings. The summed E-state index contributed by atoms with van der Waals surface area (Å²) in [6, 6.07) is 3.33. The smallest absolute Gasteiger partial charge is 0.320 e. The van der Waals surface area contributed by atoms with Crippen molar-refractivity contribution >= 4 is 17.4 Å². The Bertz CT molecular complexity index is 737. The number of rotatable bonds is 4. The van der Waals surface area contributed by atoms with E-state index >= 15 is 0 Å². The van der Waals surface area contributed by atoms with E-state index in [-0.39, 0.29) is 6.03 Å². The van der Waals surface area contributed by atoms with Crippen LogP contribution in [0.5, 0.6) is 0 Å². The molecule has 1 aliphatic heterocycles. The molecule has 2 aromatic heterocycles. The number of nitrogens with zero attached hydrogens (tertiary/aromatic N) is 3. The number of carbonyl (C=O) groups is 1. The summed E-state index contributed by atoms with van der Waals surface area (Å²) in [5.41, 5.74) is 1.68. The van der Waals surface area contributed by atoms with Crippen molar-refractivity contribution in [2.75, 3.05) is 37.5 Å². The molecule has 25 heavy (non-hydrogen) atoms. The summed E-state index contributed by atoms with van der Waals surface area (Å²) >= 11 is 0. The molecule has 3 rings (SSSR count). The van der Waals surface area contributed by atoms with Gasteiger partial charge in [0.05, 0.1) is 23.3 Å². The van der Waals surface area contributed by atoms with Gasteiger partial charge in [0.25, 0.3) is 0 Å². The van der Waals surface area contributed by atoms with Crippen molar-refractivity contribution in [2.45, 2.75) is 25.3 Å². The first-order chi connectivity index (χ1) is 12.0. The lowest BCUT2D eigenvalue weighted by molar-refractivity contribution is 0.0307. The minimum Gasteiger partial charge on any atom is -0.381 e. The highest BCUT2D eigenvalue weighted by molar-refractivity contribution is 5.93. The highest BCUT2D eigenvalue weighted by atomic mass is 16.5. The molecular weight excluding hydrogens is 322 g/mol. The number of pyridine rings is 1. The molecule has 0 aromatic carbocycles. The number of aryl methyl sites for hydroxylation is 1. The SMILES string of the molecule is Cc1cc(C2(NC(=O)Nc3ccncc3N(C)C)CCOCC2)on1. The number of aromatic nitrogens is 2. The summed E-state index contributed by atoms with van der Waals surface area (Å²) in [4.78, 5) is 18.7. The Balaban J connectivity index is 1.80. The Morgan fingerprint density at radius 1 is 1.32 bits per heavy atom. The van der Waals surface area contributed by atoms with E-state index in [0.717, 1.165) is 11.4 Å². The molecule has 0 unspecified atom stereocenters. The minimum atomic E-state index is -0.616. The first-order valence-corrected chi connectivity index (χ1v) is 8.22. The predicted molar refractivity (Wildman–Crippen MR) is 93.7 cm³/mol. The Hall–Kier alpha value is -2.61. The molecule has 1 aliphatic rings. The average Bonchev–Trinajstić information content (AvgIpc) is 3.03. The van der Waals surface area contributed by atoms with Gasteiger partial charge in [0, 0.05) is 52.4 Å². The van der Waals surface area contributed by atoms with Gasteiger partial charge in [-0.05, 0) is 13.0 Å². The van der Waals surface area contributed by atoms with E-state index in [1.54, 1.807) is 18.5 Å². The second kappa shape index (κ2) is 7.10. The number of ether oxygens (including phenoxy) is 1. The normalized spacial score (nSPS) is 16.3. The molecule has 0 aliphatic carbocycles. The Kier molecular flexibility index (Phi) is 4.89. The molecule has 134 valence electrons. The van der Waals surface area contributed by atoms with E-state index in [1.165, 1.54) is 0 Å². The number of amides is 2. The van der Waals surface area contributed by atoms with Crippen LogP contribution in [-0.4, -0.2) is 43.5 Å². The van der Waals surface area contributed by atoms with E-state index in [4.69, 9.17) is 9.26 Å². The number of hydrogen-bond donors (Lipinski definition) is 2. The topological polar surface area (TPSA) is 92.5 Å². The van der Waals surface area contributed by atoms with Crippen molar-refractivity contribution in [3.8, 4) is 0 Å². The molecule has 0 saturated carbocycles. The standard InChI is InChI=1S/C17H23N5O3/c1-12-10-15(25-21-12)17(5-8-24-9-6-17)20-16(23)19-13-4-7-18-11-14(13)22(2)3/h4,7,10-11H,5-6,8-9H2,1-3H3,(H2,18,19,20,23). The second-order valence-corrected chi connectivity index (χ2v) is 6.39. The third kappa shape index (κ3) is 3.74. The molecule has 0 atom stereocenters. The van der Waals surface area contributed by atoms with Crippen LogP contribution >= 0.6 is 0 Å². The van der Waals surface area contributed by atoms with Crippen molar-refractivity contribution < 1.29 is 14.1 Å². The van der Waals surface area contributed by atoms with Gasteiger partial charge in [0.1, 0.15) is 5.54 Å². The first-order valence-electron chi connectivity index (χ1n) is 8.22. The van der Waals surface area contributed by atoms with Crippen molar-refractivity contribution in [1.29, 1.82) is 0 Å². The molecule has 2 amide bonds. The maximum absolute atomic E-state index is 12.7. The number of carbonyl (C=O) groups excluding carboxylic acids is 1. The lowest BCUT2D eigenvalue weighted by atomic mass is 9.87. The van der Waals surface area contributed by atoms with E-state index in [0.29, 0.717) is 37.5 Å². The summed E-state index contributed by atoms with van der Waals surface area (Å²) in [5.74, 6) is 0.658. The summed E-state index contributed by atoms with van der Waals surface area (Å²) < 4.78 is 10.9. The van der Waals surface area contributed by atoms with Crippen LogP contribution in [0.3, 0.4) is 0 Å². The lowest BCUT2D eigenvalue weighted by Crippen LogP contribution is -2.50. The molecule has 8 heteroatoms. The van der Waals surface area contributed by atoms with Crippen LogP contribution in [0.15, 0.2) is 29.0 Å². The van der Waals surface area contributed by atoms with Gasteiger partial charge in [-0.25, -0.2) is 4.79 Å². The fourth-order valence-corrected chi connectivity index (χ4v) is 2.96. The maximum atomic E-state index is 12.7. The van der Waals surface area contributed by atoms with Gasteiger partial charge < -0.3 is 24.8 Å². The summed E-state index contributed by atoms with van der Waals surface area (Å²) in [5, 5.41) is 9.94. The van der Waals surface area contributed by atoms with Gasteiger partial charge in [0.15, 0.2) is 5.76 Å². The third-order valence-corrected chi connectivity index (χ3v) is 4.33. The zero-order chi connectivity index (χ0) is 17.9. The van der Waals surface area contributed by atoms with E-state index in [9.17, 15) is 4.79 Å². The van der Waals surface area contributed by atoms with Crippen molar-refractivity contribution in [3.05, 3.63) is 36.0 Å². The van der Waals surface area contributed by atoms with Gasteiger partial charge in [-0.15, -0.1) is 0 Å². The number of anilines is 2. The van der Waals surface area contributed by atoms with E-state index < -0.39 is 5.54 Å². The molecule has 2 aromatic rings. The number of urea groups is 1. The molecule has 1 saturated heterocycles. The molecule has 8 nitrogen and oxygen atoms in total. The Labute approximate surface area is 146 Å². The average molecular weight is 345 g/mol. The number of nitrogens with one attached hydrogen (secondary N) is 2. The van der Waals surface area contributed by atoms with Crippen molar-refractivity contribution in [3.63, 3.8) is 0 Å². The highest BCUT2D eigenvalue weighted by Gasteiger charge is 2.39. The van der Waals surface area contributed by atoms with Gasteiger partial charge in [-0.3, -0.25) is 4.98 Å². The predicted octanol–water partition coefficient (Wildman–Crippen LogP) is 2.27. The van der Waals surface area contributed by atoms with E-state index in [2.05, 4.69) is 20.8 Å². The van der Waals surface area contributed by atoms with E-state index in [1.807, 2.05) is 32.0 Å². The zero-order valence-corrected chi connectivity index (χ0v) is 14.7. The Morgan fingerprint density at radius 3 is 2.72 bits per heavy atom. The number of hydrogen-bond acceptors (Lipinski definition) is 6. The van der Waals surface area contributed by atoms with Crippen LogP contribution in [0.4, 0.5) is 16.2 Å². The van der Waals surface area contributed by atoms with Gasteiger partial charge >= 0.3 is 6.03 Å². The largest absolute Gasteiger partial charge is 0.381 e. The maximum Gasteiger partial charge on any atom is 0.320 e. The van der Waals surface area contributed by atoms with Crippen LogP contribution in [0.1, 0.15) is 24.3 Å². The van der Waals surface area contributed by atoms with Crippen LogP contribution in [-0.2, 0) is 10.3 Å². The summed E-state index contributed by atoms with van der Waals surface area (Å²) in [7, 11) is 3.80. The molecule has 0 spiro atoms. The van der Waals surface area contributed by atoms with Gasteiger partial charge in [-0.2, -0.15) is 0 Å². The van der Waals surface area contributed by atoms with Crippen LogP contribution in [0.2, 0.25) is 0 Å². The monoisotopic (exact) mass is 345 g/mol. The van der Waals surface area contributed by atoms with Gasteiger partial charge in [0.2, 0.25) is 0 Å². The quantitative estimate of drug-likeness (QED) is 0.883. The second-order valence-electron chi connectivity index (χ2n) is 6.39. The van der Waals surface area contributed by atoms with Crippen LogP contribution < -0.4 is 15.5 Å². The van der Waals surface area contributed by atoms with Crippen LogP contribution in [0, 0.1) is 6.92 Å². The fraction of sp³-hybridized carbons (Fsp3) is 0.471. The Morgan fingerprint density at radius 2 is 2.08 bits per heavy atom. The highest BCUT2D eigenvalue weighted by Crippen LogP contribution is 2.33. The van der Waals surface area contributed by atoms with Crippen molar-refractivity contribution in [2.24, 2.45) is 0 Å². The third-order valence-electron chi connectivity index (χ3n) is 4.33. The lowest BCUT2D eigenvalue weighted by Gasteiger charge is -2.35. The van der Waals surface area contributed by atoms with Crippen LogP contribution in [0.25, 0.3) is 0 Å².